The third-order valence-corrected chi connectivity index (χ3v) is 3.98. The molecule has 1 atom stereocenters. The Hall–Kier alpha value is -0.280. The van der Waals surface area contributed by atoms with E-state index in [0.29, 0.717) is 6.04 Å². The fourth-order valence-electron chi connectivity index (χ4n) is 2.22. The first kappa shape index (κ1) is 13.2. The Bertz CT molecular complexity index is 361. The topological polar surface area (TPSA) is 15.3 Å². The first-order valence-electron chi connectivity index (χ1n) is 6.09. The third-order valence-electron chi connectivity index (χ3n) is 3.28. The molecule has 1 aromatic carbocycles. The van der Waals surface area contributed by atoms with Crippen molar-refractivity contribution in [2.24, 2.45) is 0 Å². The summed E-state index contributed by atoms with van der Waals surface area (Å²) in [7, 11) is 0. The van der Waals surface area contributed by atoms with Crippen LogP contribution in [0, 0.1) is 0 Å². The minimum atomic E-state index is 0.588. The van der Waals surface area contributed by atoms with Crippen molar-refractivity contribution < 1.29 is 0 Å². The van der Waals surface area contributed by atoms with Gasteiger partial charge in [0.2, 0.25) is 0 Å². The molecule has 2 nitrogen and oxygen atoms in total. The van der Waals surface area contributed by atoms with Gasteiger partial charge in [-0.15, -0.1) is 0 Å². The van der Waals surface area contributed by atoms with Crippen molar-refractivity contribution in [1.29, 1.82) is 0 Å². The number of hydrogen-bond acceptors (Lipinski definition) is 2. The summed E-state index contributed by atoms with van der Waals surface area (Å²) in [6, 6.07) is 6.29. The smallest absolute Gasteiger partial charge is 0.0465 e. The molecule has 0 amide bonds. The summed E-state index contributed by atoms with van der Waals surface area (Å²) >= 11 is 12.4. The lowest BCUT2D eigenvalue weighted by Gasteiger charge is -2.33. The van der Waals surface area contributed by atoms with E-state index in [-0.39, 0.29) is 0 Å². The molecule has 0 bridgehead atoms. The van der Waals surface area contributed by atoms with E-state index in [1.54, 1.807) is 0 Å². The van der Waals surface area contributed by atoms with Gasteiger partial charge in [-0.2, -0.15) is 0 Å². The molecule has 1 aliphatic rings. The molecule has 1 saturated heterocycles. The maximum Gasteiger partial charge on any atom is 0.0465 e. The highest BCUT2D eigenvalue weighted by molar-refractivity contribution is 6.35. The van der Waals surface area contributed by atoms with Crippen molar-refractivity contribution in [3.63, 3.8) is 0 Å². The minimum Gasteiger partial charge on any atom is -0.311 e. The van der Waals surface area contributed by atoms with Crippen LogP contribution in [0.25, 0.3) is 0 Å². The molecule has 0 saturated carbocycles. The van der Waals surface area contributed by atoms with Gasteiger partial charge in [-0.05, 0) is 18.6 Å². The van der Waals surface area contributed by atoms with Gasteiger partial charge in [-0.1, -0.05) is 36.2 Å². The van der Waals surface area contributed by atoms with Crippen LogP contribution in [-0.4, -0.2) is 30.6 Å². The summed E-state index contributed by atoms with van der Waals surface area (Å²) in [5.41, 5.74) is 1.05. The summed E-state index contributed by atoms with van der Waals surface area (Å²) in [4.78, 5) is 2.41. The van der Waals surface area contributed by atoms with E-state index >= 15 is 0 Å². The highest BCUT2D eigenvalue weighted by Crippen LogP contribution is 2.26. The van der Waals surface area contributed by atoms with E-state index < -0.39 is 0 Å². The van der Waals surface area contributed by atoms with E-state index in [2.05, 4.69) is 17.1 Å². The van der Waals surface area contributed by atoms with Crippen molar-refractivity contribution in [2.75, 3.05) is 19.6 Å². The largest absolute Gasteiger partial charge is 0.311 e. The molecular formula is C13H18Cl2N2. The number of rotatable bonds is 3. The summed E-state index contributed by atoms with van der Waals surface area (Å²) < 4.78 is 0. The highest BCUT2D eigenvalue weighted by atomic mass is 35.5. The SMILES string of the molecule is CCC1CN(Cc2c(Cl)cccc2Cl)CCN1. The van der Waals surface area contributed by atoms with Gasteiger partial charge in [0.05, 0.1) is 0 Å². The summed E-state index contributed by atoms with van der Waals surface area (Å²) in [6.07, 6.45) is 1.16. The van der Waals surface area contributed by atoms with Gasteiger partial charge >= 0.3 is 0 Å². The Morgan fingerprint density at radius 1 is 1.35 bits per heavy atom. The molecule has 1 aliphatic heterocycles. The van der Waals surface area contributed by atoms with Crippen LogP contribution in [0.1, 0.15) is 18.9 Å². The molecule has 17 heavy (non-hydrogen) atoms. The van der Waals surface area contributed by atoms with Crippen LogP contribution >= 0.6 is 23.2 Å². The summed E-state index contributed by atoms with van der Waals surface area (Å²) in [6.45, 7) is 6.22. The second-order valence-corrected chi connectivity index (χ2v) is 5.31. The summed E-state index contributed by atoms with van der Waals surface area (Å²) in [5.74, 6) is 0. The Balaban J connectivity index is 2.05. The molecule has 4 heteroatoms. The molecule has 2 rings (SSSR count). The third kappa shape index (κ3) is 3.35. The lowest BCUT2D eigenvalue weighted by molar-refractivity contribution is 0.190. The van der Waals surface area contributed by atoms with Crippen LogP contribution in [-0.2, 0) is 6.54 Å². The summed E-state index contributed by atoms with van der Waals surface area (Å²) in [5, 5.41) is 5.04. The fraction of sp³-hybridized carbons (Fsp3) is 0.538. The van der Waals surface area contributed by atoms with Crippen LogP contribution < -0.4 is 5.32 Å². The fourth-order valence-corrected chi connectivity index (χ4v) is 2.74. The van der Waals surface area contributed by atoms with Crippen molar-refractivity contribution in [3.05, 3.63) is 33.8 Å². The average molecular weight is 273 g/mol. The molecule has 1 fully saturated rings. The van der Waals surface area contributed by atoms with Gasteiger partial charge in [0.1, 0.15) is 0 Å². The first-order valence-corrected chi connectivity index (χ1v) is 6.85. The molecule has 1 N–H and O–H groups in total. The number of nitrogens with one attached hydrogen (secondary N) is 1. The Morgan fingerprint density at radius 3 is 2.71 bits per heavy atom. The van der Waals surface area contributed by atoms with Crippen molar-refractivity contribution in [1.82, 2.24) is 10.2 Å². The Kier molecular flexibility index (Phi) is 4.69. The lowest BCUT2D eigenvalue weighted by Crippen LogP contribution is -2.49. The molecule has 94 valence electrons. The lowest BCUT2D eigenvalue weighted by atomic mass is 10.1. The van der Waals surface area contributed by atoms with Crippen molar-refractivity contribution in [3.8, 4) is 0 Å². The zero-order valence-electron chi connectivity index (χ0n) is 10.0. The predicted molar refractivity (Wildman–Crippen MR) is 73.8 cm³/mol. The van der Waals surface area contributed by atoms with E-state index in [9.17, 15) is 0 Å². The number of piperazine rings is 1. The molecular weight excluding hydrogens is 255 g/mol. The number of nitrogens with zero attached hydrogens (tertiary/aromatic N) is 1. The molecule has 0 aliphatic carbocycles. The normalized spacial score (nSPS) is 21.7. The van der Waals surface area contributed by atoms with Crippen LogP contribution in [0.4, 0.5) is 0 Å². The maximum atomic E-state index is 6.19. The van der Waals surface area contributed by atoms with Crippen molar-refractivity contribution >= 4 is 23.2 Å². The quantitative estimate of drug-likeness (QED) is 0.910. The van der Waals surface area contributed by atoms with Gasteiger partial charge in [-0.25, -0.2) is 0 Å². The monoisotopic (exact) mass is 272 g/mol. The van der Waals surface area contributed by atoms with Crippen LogP contribution in [0.3, 0.4) is 0 Å². The highest BCUT2D eigenvalue weighted by Gasteiger charge is 2.19. The second kappa shape index (κ2) is 6.05. The number of halogens is 2. The van der Waals surface area contributed by atoms with Crippen molar-refractivity contribution in [2.45, 2.75) is 25.9 Å². The van der Waals surface area contributed by atoms with Gasteiger partial charge < -0.3 is 5.32 Å². The predicted octanol–water partition coefficient (Wildman–Crippen LogP) is 3.18. The number of hydrogen-bond donors (Lipinski definition) is 1. The van der Waals surface area contributed by atoms with E-state index in [1.165, 1.54) is 0 Å². The van der Waals surface area contributed by atoms with Crippen LogP contribution in [0.2, 0.25) is 10.0 Å². The first-order chi connectivity index (χ1) is 8.20. The Morgan fingerprint density at radius 2 is 2.06 bits per heavy atom. The average Bonchev–Trinajstić information content (AvgIpc) is 2.34. The van der Waals surface area contributed by atoms with Crippen LogP contribution in [0.15, 0.2) is 18.2 Å². The maximum absolute atomic E-state index is 6.19. The van der Waals surface area contributed by atoms with E-state index in [1.807, 2.05) is 18.2 Å². The molecule has 1 unspecified atom stereocenters. The van der Waals surface area contributed by atoms with Gasteiger partial charge in [-0.3, -0.25) is 4.90 Å². The van der Waals surface area contributed by atoms with Crippen LogP contribution in [0.5, 0.6) is 0 Å². The molecule has 1 aromatic rings. The van der Waals surface area contributed by atoms with E-state index in [4.69, 9.17) is 23.2 Å². The van der Waals surface area contributed by atoms with Gasteiger partial charge in [0.15, 0.2) is 0 Å². The molecule has 1 heterocycles. The second-order valence-electron chi connectivity index (χ2n) is 4.49. The minimum absolute atomic E-state index is 0.588. The zero-order chi connectivity index (χ0) is 12.3. The molecule has 0 aromatic heterocycles. The van der Waals surface area contributed by atoms with E-state index in [0.717, 1.165) is 48.2 Å². The van der Waals surface area contributed by atoms with Gasteiger partial charge in [0.25, 0.3) is 0 Å². The molecule has 0 radical (unpaired) electrons. The zero-order valence-corrected chi connectivity index (χ0v) is 11.6. The molecule has 0 spiro atoms. The Labute approximate surface area is 113 Å². The number of benzene rings is 1. The standard InChI is InChI=1S/C13H18Cl2N2/c1-2-10-8-17(7-6-16-10)9-11-12(14)4-3-5-13(11)15/h3-5,10,16H,2,6-9H2,1H3. The van der Waals surface area contributed by atoms with Gasteiger partial charge in [0, 0.05) is 47.8 Å².